The number of aromatic nitrogens is 2. The minimum Gasteiger partial charge on any atom is -0.400 e. The maximum atomic E-state index is 14.4. The minimum atomic E-state index is -1.48. The smallest absolute Gasteiger partial charge is 0.336 e. The molecule has 5 aromatic carbocycles. The predicted octanol–water partition coefficient (Wildman–Crippen LogP) is 4.25. The van der Waals surface area contributed by atoms with Gasteiger partial charge in [0.1, 0.15) is 30.3 Å². The molecule has 5 atom stereocenters. The summed E-state index contributed by atoms with van der Waals surface area (Å²) >= 11 is 0. The van der Waals surface area contributed by atoms with Crippen LogP contribution in [0, 0.1) is 0 Å². The molecule has 0 spiro atoms. The van der Waals surface area contributed by atoms with Crippen LogP contribution in [0.1, 0.15) is 54.0 Å². The highest BCUT2D eigenvalue weighted by Gasteiger charge is 2.32. The van der Waals surface area contributed by atoms with Crippen molar-refractivity contribution in [3.8, 4) is 0 Å². The van der Waals surface area contributed by atoms with Gasteiger partial charge in [-0.25, -0.2) is 9.80 Å². The highest BCUT2D eigenvalue weighted by Crippen LogP contribution is 2.21. The third-order valence-corrected chi connectivity index (χ3v) is 12.4. The molecule has 0 unspecified atom stereocenters. The lowest BCUT2D eigenvalue weighted by Gasteiger charge is -2.27. The summed E-state index contributed by atoms with van der Waals surface area (Å²) in [4.78, 5) is 88.5. The Balaban J connectivity index is 0.000000939. The fraction of sp³-hybridized carbons (Fsp3) is 0.298. The van der Waals surface area contributed by atoms with Gasteiger partial charge < -0.3 is 52.9 Å². The molecule has 0 saturated heterocycles. The number of nitrogens with one attached hydrogen (secondary N) is 7. The Hall–Kier alpha value is -8.32. The van der Waals surface area contributed by atoms with Crippen molar-refractivity contribution in [1.82, 2.24) is 41.7 Å². The van der Waals surface area contributed by atoms with Crippen molar-refractivity contribution in [3.63, 3.8) is 0 Å². The van der Waals surface area contributed by atoms with Gasteiger partial charge in [-0.3, -0.25) is 29.4 Å². The minimum absolute atomic E-state index is 0.00463. The van der Waals surface area contributed by atoms with E-state index in [4.69, 9.17) is 16.6 Å². The van der Waals surface area contributed by atoms with E-state index in [2.05, 4.69) is 67.9 Å². The Morgan fingerprint density at radius 3 is 1.44 bits per heavy atom. The number of aromatic amines is 2. The molecule has 13 N–H and O–H groups in total. The summed E-state index contributed by atoms with van der Waals surface area (Å²) in [5.41, 5.74) is 19.7. The molecule has 18 heteroatoms. The number of nitrogens with two attached hydrogens (primary N) is 2. The van der Waals surface area contributed by atoms with Crippen molar-refractivity contribution in [3.05, 3.63) is 180 Å². The van der Waals surface area contributed by atoms with E-state index in [1.54, 1.807) is 60.9 Å². The second-order valence-electron chi connectivity index (χ2n) is 17.8. The van der Waals surface area contributed by atoms with Crippen LogP contribution in [0.3, 0.4) is 0 Å². The molecule has 0 fully saturated rings. The van der Waals surface area contributed by atoms with Gasteiger partial charge in [-0.1, -0.05) is 134 Å². The van der Waals surface area contributed by atoms with Crippen LogP contribution in [0.15, 0.2) is 152 Å². The number of rotatable bonds is 22. The number of amides is 7. The Morgan fingerprint density at radius 1 is 0.533 bits per heavy atom. The summed E-state index contributed by atoms with van der Waals surface area (Å²) in [5.74, 6) is -3.68. The number of para-hydroxylation sites is 2. The molecule has 0 saturated carbocycles. The van der Waals surface area contributed by atoms with Crippen molar-refractivity contribution >= 4 is 57.4 Å². The average Bonchev–Trinajstić information content (AvgIpc) is 4.05. The lowest BCUT2D eigenvalue weighted by Crippen LogP contribution is -2.60. The quantitative estimate of drug-likeness (QED) is 0.0342. The maximum Gasteiger partial charge on any atom is 0.336 e. The Bertz CT molecular complexity index is 2900. The molecule has 75 heavy (non-hydrogen) atoms. The van der Waals surface area contributed by atoms with E-state index < -0.39 is 65.8 Å². The predicted molar refractivity (Wildman–Crippen MR) is 290 cm³/mol. The number of fused-ring (bicyclic) bond motifs is 2. The molecule has 7 rings (SSSR count). The topological polar surface area (TPSA) is 290 Å². The largest absolute Gasteiger partial charge is 0.400 e. The zero-order valence-corrected chi connectivity index (χ0v) is 42.6. The number of H-pyrrole nitrogens is 2. The number of nitrogens with zero attached hydrogens (tertiary/aromatic N) is 1. The molecule has 7 aromatic rings. The molecule has 2 aromatic heterocycles. The number of urea groups is 1. The van der Waals surface area contributed by atoms with Gasteiger partial charge in [0.05, 0.1) is 0 Å². The SMILES string of the molecule is CCc1ccccc1.CN(NC(=O)[C@@H](Cc1c[nH]c2ccccc12)NC(=O)[C@@H](O)Cc1ccccc1)C(=O)N[C@@H](Cc1c[nH]c2ccccc12)C(=O)N[C@H](Cc1ccccc1)C(=O)N[C@@H](CCCCN)C(N)=O.CO. The van der Waals surface area contributed by atoms with Gasteiger partial charge in [0, 0.05) is 74.0 Å². The lowest BCUT2D eigenvalue weighted by molar-refractivity contribution is -0.135. The van der Waals surface area contributed by atoms with Crippen molar-refractivity contribution in [2.45, 2.75) is 88.6 Å². The summed E-state index contributed by atoms with van der Waals surface area (Å²) in [6.07, 6.45) is 4.52. The van der Waals surface area contributed by atoms with Crippen LogP contribution in [-0.4, -0.2) is 112 Å². The van der Waals surface area contributed by atoms with Gasteiger partial charge in [-0.2, -0.15) is 0 Å². The first-order valence-corrected chi connectivity index (χ1v) is 24.9. The number of aliphatic hydroxyl groups excluding tert-OH is 2. The number of carbonyl (C=O) groups is 6. The van der Waals surface area contributed by atoms with E-state index in [1.165, 1.54) is 12.6 Å². The number of hydrogen-bond acceptors (Lipinski definition) is 9. The number of aliphatic hydroxyl groups is 2. The number of unbranched alkanes of at least 4 members (excludes halogenated alkanes) is 1. The number of aryl methyl sites for hydroxylation is 1. The molecular formula is C57H70N10O8. The van der Waals surface area contributed by atoms with Gasteiger partial charge in [0.25, 0.3) is 5.91 Å². The van der Waals surface area contributed by atoms with Gasteiger partial charge in [-0.05, 0) is 72.2 Å². The first kappa shape index (κ1) is 57.6. The van der Waals surface area contributed by atoms with Crippen LogP contribution in [-0.2, 0) is 56.1 Å². The normalized spacial score (nSPS) is 12.7. The fourth-order valence-corrected chi connectivity index (χ4v) is 8.29. The third kappa shape index (κ3) is 17.7. The standard InChI is InChI=1S/C48H56N10O7.C8H10.CH4O/c1-58(57-46(63)41(27-33-29-52-37-21-11-9-19-35(33)37)55-47(64)42(59)25-31-16-6-3-7-17-31)48(65)56-40(26-32-28-51-36-20-10-8-18-34(32)36)45(62)54-39(24-30-14-4-2-5-15-30)44(61)53-38(43(50)60)22-12-13-23-49;1-2-8-6-4-3-5-7-8;1-2/h2-11,14-21,28-29,38-42,51-52,59H,12-13,22-27,49H2,1H3,(H2,50,60)(H,53,61)(H,54,62)(H,55,64)(H,56,65)(H,57,63);3-7H,2H2,1H3;2H,1H3/t38-,39+,40-,41+,42-;;/m0../s1. The Morgan fingerprint density at radius 2 is 0.960 bits per heavy atom. The van der Waals surface area contributed by atoms with Crippen molar-refractivity contribution in [2.75, 3.05) is 20.7 Å². The first-order chi connectivity index (χ1) is 36.3. The molecule has 0 aliphatic heterocycles. The van der Waals surface area contributed by atoms with Crippen LogP contribution in [0.2, 0.25) is 0 Å². The third-order valence-electron chi connectivity index (χ3n) is 12.4. The van der Waals surface area contributed by atoms with E-state index in [1.807, 2.05) is 66.7 Å². The highest BCUT2D eigenvalue weighted by atomic mass is 16.3. The molecular weight excluding hydrogens is 953 g/mol. The van der Waals surface area contributed by atoms with Gasteiger partial charge in [0.2, 0.25) is 23.6 Å². The number of benzene rings is 5. The van der Waals surface area contributed by atoms with Crippen LogP contribution >= 0.6 is 0 Å². The maximum absolute atomic E-state index is 14.4. The first-order valence-electron chi connectivity index (χ1n) is 24.9. The monoisotopic (exact) mass is 1020 g/mol. The van der Waals surface area contributed by atoms with Crippen molar-refractivity contribution in [1.29, 1.82) is 0 Å². The molecule has 0 radical (unpaired) electrons. The number of primary amides is 1. The van der Waals surface area contributed by atoms with Gasteiger partial charge in [0.15, 0.2) is 0 Å². The van der Waals surface area contributed by atoms with Crippen LogP contribution < -0.4 is 38.2 Å². The summed E-state index contributed by atoms with van der Waals surface area (Å²) in [6, 6.07) is 37.6. The Kier molecular flexibility index (Phi) is 23.0. The summed E-state index contributed by atoms with van der Waals surface area (Å²) in [7, 11) is 2.28. The Labute approximate surface area is 437 Å². The second-order valence-corrected chi connectivity index (χ2v) is 17.8. The zero-order chi connectivity index (χ0) is 54.1. The average molecular weight is 1020 g/mol. The van der Waals surface area contributed by atoms with Gasteiger partial charge in [-0.15, -0.1) is 0 Å². The van der Waals surface area contributed by atoms with E-state index >= 15 is 0 Å². The van der Waals surface area contributed by atoms with Gasteiger partial charge >= 0.3 is 6.03 Å². The summed E-state index contributed by atoms with van der Waals surface area (Å²) in [5, 5.41) is 31.2. The molecule has 0 bridgehead atoms. The van der Waals surface area contributed by atoms with Crippen molar-refractivity contribution in [2.24, 2.45) is 11.5 Å². The molecule has 0 aliphatic carbocycles. The number of hydrogen-bond donors (Lipinski definition) is 11. The molecule has 0 aliphatic rings. The van der Waals surface area contributed by atoms with E-state index in [-0.39, 0.29) is 32.1 Å². The van der Waals surface area contributed by atoms with Crippen LogP contribution in [0.5, 0.6) is 0 Å². The summed E-state index contributed by atoms with van der Waals surface area (Å²) in [6.45, 7) is 2.56. The molecule has 2 heterocycles. The molecule has 18 nitrogen and oxygen atoms in total. The number of hydrazine groups is 1. The van der Waals surface area contributed by atoms with Crippen LogP contribution in [0.25, 0.3) is 21.8 Å². The molecule has 7 amide bonds. The summed E-state index contributed by atoms with van der Waals surface area (Å²) < 4.78 is 0. The van der Waals surface area contributed by atoms with Crippen LogP contribution in [0.4, 0.5) is 4.79 Å². The van der Waals surface area contributed by atoms with E-state index in [9.17, 15) is 33.9 Å². The number of carbonyl (C=O) groups excluding carboxylic acids is 6. The second kappa shape index (κ2) is 30.0. The zero-order valence-electron chi connectivity index (χ0n) is 42.6. The highest BCUT2D eigenvalue weighted by molar-refractivity contribution is 5.96. The fourth-order valence-electron chi connectivity index (χ4n) is 8.29. The van der Waals surface area contributed by atoms with Crippen molar-refractivity contribution < 1.29 is 39.0 Å². The van der Waals surface area contributed by atoms with E-state index in [0.717, 1.165) is 45.9 Å². The molecule has 396 valence electrons. The van der Waals surface area contributed by atoms with E-state index in [0.29, 0.717) is 36.1 Å². The lowest BCUT2D eigenvalue weighted by atomic mass is 10.0.